The number of rotatable bonds is 4. The Kier molecular flexibility index (Phi) is 7.93. The third-order valence-electron chi connectivity index (χ3n) is 4.88. The summed E-state index contributed by atoms with van der Waals surface area (Å²) in [5.74, 6) is 0.657. The van der Waals surface area contributed by atoms with Gasteiger partial charge in [-0.05, 0) is 44.4 Å². The van der Waals surface area contributed by atoms with Crippen molar-refractivity contribution < 1.29 is 4.79 Å². The van der Waals surface area contributed by atoms with Crippen LogP contribution in [0, 0.1) is 11.8 Å². The molecule has 0 saturated heterocycles. The fraction of sp³-hybridized carbons (Fsp3) is 0.529. The van der Waals surface area contributed by atoms with Gasteiger partial charge in [0.2, 0.25) is 5.91 Å². The molecule has 0 spiro atoms. The van der Waals surface area contributed by atoms with E-state index in [1.807, 2.05) is 30.1 Å². The minimum absolute atomic E-state index is 0. The molecular formula is C17H25Cl2N3OS. The predicted molar refractivity (Wildman–Crippen MR) is 105 cm³/mol. The van der Waals surface area contributed by atoms with Crippen LogP contribution in [0.3, 0.4) is 0 Å². The van der Waals surface area contributed by atoms with Crippen LogP contribution in [0.5, 0.6) is 0 Å². The van der Waals surface area contributed by atoms with E-state index in [-0.39, 0.29) is 42.7 Å². The Balaban J connectivity index is 0.00000144. The summed E-state index contributed by atoms with van der Waals surface area (Å²) in [6, 6.07) is 8.12. The van der Waals surface area contributed by atoms with Crippen LogP contribution in [-0.4, -0.2) is 29.4 Å². The zero-order valence-corrected chi connectivity index (χ0v) is 16.4. The Morgan fingerprint density at radius 1 is 1.38 bits per heavy atom. The second-order valence-corrected chi connectivity index (χ2v) is 7.24. The van der Waals surface area contributed by atoms with Gasteiger partial charge >= 0.3 is 0 Å². The number of carbonyl (C=O) groups is 1. The average molecular weight is 390 g/mol. The Morgan fingerprint density at radius 3 is 2.75 bits per heavy atom. The molecule has 1 aromatic heterocycles. The average Bonchev–Trinajstić information content (AvgIpc) is 3.18. The molecule has 1 aromatic carbocycles. The van der Waals surface area contributed by atoms with Gasteiger partial charge in [0.15, 0.2) is 0 Å². The van der Waals surface area contributed by atoms with Crippen molar-refractivity contribution in [3.05, 3.63) is 29.3 Å². The summed E-state index contributed by atoms with van der Waals surface area (Å²) in [6.07, 6.45) is 3.16. The van der Waals surface area contributed by atoms with E-state index >= 15 is 0 Å². The number of nitrogens with two attached hydrogens (primary N) is 1. The molecule has 4 nitrogen and oxygen atoms in total. The number of hydrogen-bond acceptors (Lipinski definition) is 4. The lowest BCUT2D eigenvalue weighted by atomic mass is 9.94. The summed E-state index contributed by atoms with van der Waals surface area (Å²) in [5.41, 5.74) is 6.83. The summed E-state index contributed by atoms with van der Waals surface area (Å²) in [5, 5.41) is 0.999. The lowest BCUT2D eigenvalue weighted by Crippen LogP contribution is -2.38. The van der Waals surface area contributed by atoms with Crippen LogP contribution in [0.15, 0.2) is 24.3 Å². The fourth-order valence-electron chi connectivity index (χ4n) is 3.33. The molecule has 3 rings (SSSR count). The van der Waals surface area contributed by atoms with Crippen molar-refractivity contribution in [2.24, 2.45) is 17.6 Å². The van der Waals surface area contributed by atoms with Crippen LogP contribution < -0.4 is 5.73 Å². The van der Waals surface area contributed by atoms with E-state index in [9.17, 15) is 4.79 Å². The number of amides is 1. The minimum Gasteiger partial charge on any atom is -0.336 e. The van der Waals surface area contributed by atoms with Gasteiger partial charge in [-0.25, -0.2) is 4.98 Å². The maximum atomic E-state index is 12.8. The first kappa shape index (κ1) is 21.2. The molecule has 1 heterocycles. The third kappa shape index (κ3) is 4.02. The summed E-state index contributed by atoms with van der Waals surface area (Å²) in [7, 11) is 1.89. The lowest BCUT2D eigenvalue weighted by Gasteiger charge is -2.28. The molecular weight excluding hydrogens is 365 g/mol. The SMILES string of the molecule is CC(c1nc2ccccc2s1)N(C)C(=O)[C@@H]1CCC[C@@H]1CN.Cl.Cl. The van der Waals surface area contributed by atoms with E-state index in [2.05, 4.69) is 18.0 Å². The summed E-state index contributed by atoms with van der Waals surface area (Å²) >= 11 is 1.67. The Labute approximate surface area is 159 Å². The standard InChI is InChI=1S/C17H23N3OS.2ClH/c1-11(16-19-14-8-3-4-9-15(14)22-16)20(2)17(21)13-7-5-6-12(13)10-18;;/h3-4,8-9,11-13H,5-7,10,18H2,1-2H3;2*1H/t11?,12-,13-;;/m1../s1. The molecule has 1 fully saturated rings. The minimum atomic E-state index is 0. The molecule has 7 heteroatoms. The maximum absolute atomic E-state index is 12.8. The fourth-order valence-corrected chi connectivity index (χ4v) is 4.39. The number of para-hydroxylation sites is 1. The molecule has 1 amide bonds. The van der Waals surface area contributed by atoms with E-state index in [0.29, 0.717) is 12.5 Å². The molecule has 1 aliphatic rings. The Hall–Kier alpha value is -0.880. The van der Waals surface area contributed by atoms with Crippen LogP contribution in [-0.2, 0) is 4.79 Å². The molecule has 24 heavy (non-hydrogen) atoms. The van der Waals surface area contributed by atoms with Gasteiger partial charge in [0.1, 0.15) is 5.01 Å². The first-order chi connectivity index (χ1) is 10.6. The monoisotopic (exact) mass is 389 g/mol. The first-order valence-electron chi connectivity index (χ1n) is 7.94. The van der Waals surface area contributed by atoms with Crippen molar-refractivity contribution in [2.45, 2.75) is 32.2 Å². The van der Waals surface area contributed by atoms with Crippen molar-refractivity contribution in [1.29, 1.82) is 0 Å². The second-order valence-electron chi connectivity index (χ2n) is 6.18. The van der Waals surface area contributed by atoms with Gasteiger partial charge in [-0.15, -0.1) is 36.2 Å². The van der Waals surface area contributed by atoms with Crippen molar-refractivity contribution in [1.82, 2.24) is 9.88 Å². The Bertz CT molecular complexity index is 646. The van der Waals surface area contributed by atoms with Gasteiger partial charge in [-0.1, -0.05) is 18.6 Å². The molecule has 1 aliphatic carbocycles. The highest BCUT2D eigenvalue weighted by molar-refractivity contribution is 7.18. The number of hydrogen-bond donors (Lipinski definition) is 1. The molecule has 2 aromatic rings. The van der Waals surface area contributed by atoms with E-state index < -0.39 is 0 Å². The van der Waals surface area contributed by atoms with Crippen LogP contribution in [0.1, 0.15) is 37.2 Å². The smallest absolute Gasteiger partial charge is 0.226 e. The van der Waals surface area contributed by atoms with Crippen molar-refractivity contribution in [3.63, 3.8) is 0 Å². The normalized spacial score (nSPS) is 21.0. The van der Waals surface area contributed by atoms with Gasteiger partial charge in [0, 0.05) is 13.0 Å². The molecule has 3 atom stereocenters. The molecule has 1 unspecified atom stereocenters. The van der Waals surface area contributed by atoms with E-state index in [4.69, 9.17) is 5.73 Å². The third-order valence-corrected chi connectivity index (χ3v) is 6.08. The number of carbonyl (C=O) groups excluding carboxylic acids is 1. The van der Waals surface area contributed by atoms with Gasteiger partial charge in [0.05, 0.1) is 16.3 Å². The Morgan fingerprint density at radius 2 is 2.08 bits per heavy atom. The van der Waals surface area contributed by atoms with E-state index in [1.54, 1.807) is 11.3 Å². The highest BCUT2D eigenvalue weighted by Gasteiger charge is 2.35. The highest BCUT2D eigenvalue weighted by atomic mass is 35.5. The van der Waals surface area contributed by atoms with Crippen LogP contribution in [0.25, 0.3) is 10.2 Å². The van der Waals surface area contributed by atoms with Crippen LogP contribution in [0.2, 0.25) is 0 Å². The number of nitrogens with zero attached hydrogens (tertiary/aromatic N) is 2. The van der Waals surface area contributed by atoms with Gasteiger partial charge in [0.25, 0.3) is 0 Å². The molecule has 0 radical (unpaired) electrons. The number of aromatic nitrogens is 1. The van der Waals surface area contributed by atoms with E-state index in [1.165, 1.54) is 4.70 Å². The number of benzene rings is 1. The first-order valence-corrected chi connectivity index (χ1v) is 8.75. The van der Waals surface area contributed by atoms with Crippen molar-refractivity contribution >= 4 is 52.3 Å². The topological polar surface area (TPSA) is 59.2 Å². The largest absolute Gasteiger partial charge is 0.336 e. The highest BCUT2D eigenvalue weighted by Crippen LogP contribution is 2.35. The maximum Gasteiger partial charge on any atom is 0.226 e. The number of thiazole rings is 1. The molecule has 0 bridgehead atoms. The summed E-state index contributed by atoms with van der Waals surface area (Å²) in [6.45, 7) is 2.67. The van der Waals surface area contributed by atoms with E-state index in [0.717, 1.165) is 29.8 Å². The van der Waals surface area contributed by atoms with Crippen LogP contribution in [0.4, 0.5) is 0 Å². The van der Waals surface area contributed by atoms with Gasteiger partial charge in [-0.3, -0.25) is 4.79 Å². The second kappa shape index (κ2) is 8.99. The van der Waals surface area contributed by atoms with Gasteiger partial charge < -0.3 is 10.6 Å². The van der Waals surface area contributed by atoms with Crippen LogP contribution >= 0.6 is 36.2 Å². The zero-order chi connectivity index (χ0) is 15.7. The van der Waals surface area contributed by atoms with Gasteiger partial charge in [-0.2, -0.15) is 0 Å². The zero-order valence-electron chi connectivity index (χ0n) is 14.0. The number of fused-ring (bicyclic) bond motifs is 1. The van der Waals surface area contributed by atoms with Crippen molar-refractivity contribution in [2.75, 3.05) is 13.6 Å². The quantitative estimate of drug-likeness (QED) is 0.857. The number of halogens is 2. The predicted octanol–water partition coefficient (Wildman–Crippen LogP) is 4.03. The van der Waals surface area contributed by atoms with Crippen molar-refractivity contribution in [3.8, 4) is 0 Å². The molecule has 1 saturated carbocycles. The molecule has 134 valence electrons. The molecule has 2 N–H and O–H groups in total. The lowest BCUT2D eigenvalue weighted by molar-refractivity contribution is -0.137. The molecule has 0 aliphatic heterocycles. The summed E-state index contributed by atoms with van der Waals surface area (Å²) < 4.78 is 1.17. The summed E-state index contributed by atoms with van der Waals surface area (Å²) in [4.78, 5) is 19.3.